The molecule has 0 aliphatic carbocycles. The van der Waals surface area contributed by atoms with Crippen LogP contribution in [0.5, 0.6) is 0 Å². The van der Waals surface area contributed by atoms with E-state index < -0.39 is 22.8 Å². The van der Waals surface area contributed by atoms with Gasteiger partial charge in [0.1, 0.15) is 23.2 Å². The van der Waals surface area contributed by atoms with Crippen LogP contribution in [-0.2, 0) is 16.1 Å². The second-order valence-electron chi connectivity index (χ2n) is 6.42. The Morgan fingerprint density at radius 1 is 1.27 bits per heavy atom. The van der Waals surface area contributed by atoms with E-state index in [1.54, 1.807) is 32.0 Å². The van der Waals surface area contributed by atoms with E-state index in [-0.39, 0.29) is 29.7 Å². The van der Waals surface area contributed by atoms with E-state index in [2.05, 4.69) is 10.5 Å². The average molecular weight is 435 g/mol. The third-order valence-electron chi connectivity index (χ3n) is 4.10. The third kappa shape index (κ3) is 5.47. The number of nitrogens with zero attached hydrogens (tertiary/aromatic N) is 2. The fourth-order valence-corrected chi connectivity index (χ4v) is 3.33. The molecular formula is C20H19F2N3O4S. The standard InChI is InChI=1S/C20H19F2N3O4S/c1-12-8-18(24-29-12)23-20(27)13(2)30-11-19(26)25(10-15-4-3-7-28-15)17-6-5-14(21)9-16(17)22/h3-9,13H,10-11H2,1-2H3,(H,23,24,27). The van der Waals surface area contributed by atoms with Crippen molar-refractivity contribution >= 4 is 35.1 Å². The highest BCUT2D eigenvalue weighted by atomic mass is 32.2. The number of nitrogens with one attached hydrogen (secondary N) is 1. The Morgan fingerprint density at radius 2 is 2.07 bits per heavy atom. The van der Waals surface area contributed by atoms with E-state index in [0.29, 0.717) is 17.6 Å². The van der Waals surface area contributed by atoms with Crippen molar-refractivity contribution in [1.82, 2.24) is 5.16 Å². The van der Waals surface area contributed by atoms with Gasteiger partial charge >= 0.3 is 0 Å². The summed E-state index contributed by atoms with van der Waals surface area (Å²) in [6, 6.07) is 7.84. The number of aryl methyl sites for hydroxylation is 1. The zero-order valence-corrected chi connectivity index (χ0v) is 17.0. The fraction of sp³-hybridized carbons (Fsp3) is 0.250. The van der Waals surface area contributed by atoms with Gasteiger partial charge in [0.05, 0.1) is 29.5 Å². The number of halogens is 2. The van der Waals surface area contributed by atoms with E-state index in [0.717, 1.165) is 22.7 Å². The number of hydrogen-bond acceptors (Lipinski definition) is 6. The van der Waals surface area contributed by atoms with Crippen LogP contribution in [0.15, 0.2) is 51.6 Å². The highest BCUT2D eigenvalue weighted by Gasteiger charge is 2.23. The number of hydrogen-bond donors (Lipinski definition) is 1. The van der Waals surface area contributed by atoms with Crippen LogP contribution < -0.4 is 10.2 Å². The van der Waals surface area contributed by atoms with Crippen LogP contribution in [0.25, 0.3) is 0 Å². The van der Waals surface area contributed by atoms with Crippen LogP contribution in [0.1, 0.15) is 18.4 Å². The molecule has 0 fully saturated rings. The molecule has 3 rings (SSSR count). The number of benzene rings is 1. The summed E-state index contributed by atoms with van der Waals surface area (Å²) in [6.07, 6.45) is 1.44. The van der Waals surface area contributed by atoms with Gasteiger partial charge in [-0.2, -0.15) is 0 Å². The Balaban J connectivity index is 1.67. The molecule has 1 atom stereocenters. The molecule has 2 amide bonds. The Hall–Kier alpha value is -3.14. The van der Waals surface area contributed by atoms with E-state index in [1.807, 2.05) is 0 Å². The van der Waals surface area contributed by atoms with Gasteiger partial charge in [-0.05, 0) is 38.1 Å². The number of amides is 2. The summed E-state index contributed by atoms with van der Waals surface area (Å²) < 4.78 is 37.7. The summed E-state index contributed by atoms with van der Waals surface area (Å²) in [5, 5.41) is 5.69. The van der Waals surface area contributed by atoms with Crippen molar-refractivity contribution in [2.24, 2.45) is 0 Å². The van der Waals surface area contributed by atoms with Crippen molar-refractivity contribution in [3.8, 4) is 0 Å². The molecule has 158 valence electrons. The molecule has 0 saturated carbocycles. The molecule has 10 heteroatoms. The van der Waals surface area contributed by atoms with Crippen molar-refractivity contribution < 1.29 is 27.3 Å². The van der Waals surface area contributed by atoms with Crippen molar-refractivity contribution in [3.05, 3.63) is 65.8 Å². The first kappa shape index (κ1) is 21.6. The highest BCUT2D eigenvalue weighted by Crippen LogP contribution is 2.24. The number of anilines is 2. The lowest BCUT2D eigenvalue weighted by Gasteiger charge is -2.23. The normalized spacial score (nSPS) is 11.9. The van der Waals surface area contributed by atoms with E-state index in [9.17, 15) is 18.4 Å². The Bertz CT molecular complexity index is 1020. The fourth-order valence-electron chi connectivity index (χ4n) is 2.57. The quantitative estimate of drug-likeness (QED) is 0.572. The number of thioether (sulfide) groups is 1. The average Bonchev–Trinajstić information content (AvgIpc) is 3.36. The summed E-state index contributed by atoms with van der Waals surface area (Å²) in [6.45, 7) is 3.30. The van der Waals surface area contributed by atoms with Gasteiger partial charge in [-0.25, -0.2) is 8.78 Å². The molecular weight excluding hydrogens is 416 g/mol. The van der Waals surface area contributed by atoms with Crippen LogP contribution in [0.2, 0.25) is 0 Å². The number of aromatic nitrogens is 1. The summed E-state index contributed by atoms with van der Waals surface area (Å²) in [5.41, 5.74) is -0.0754. The maximum absolute atomic E-state index is 14.3. The molecule has 1 aromatic carbocycles. The predicted octanol–water partition coefficient (Wildman–Crippen LogP) is 4.15. The first-order valence-electron chi connectivity index (χ1n) is 8.97. The lowest BCUT2D eigenvalue weighted by Crippen LogP contribution is -2.34. The van der Waals surface area contributed by atoms with Crippen molar-refractivity contribution in [1.29, 1.82) is 0 Å². The number of carbonyl (C=O) groups is 2. The van der Waals surface area contributed by atoms with Crippen molar-refractivity contribution in [3.63, 3.8) is 0 Å². The maximum Gasteiger partial charge on any atom is 0.238 e. The largest absolute Gasteiger partial charge is 0.467 e. The van der Waals surface area contributed by atoms with Gasteiger partial charge in [0.15, 0.2) is 5.82 Å². The van der Waals surface area contributed by atoms with Crippen LogP contribution in [0.3, 0.4) is 0 Å². The molecule has 1 N–H and O–H groups in total. The van der Waals surface area contributed by atoms with E-state index >= 15 is 0 Å². The van der Waals surface area contributed by atoms with Crippen molar-refractivity contribution in [2.75, 3.05) is 16.0 Å². The maximum atomic E-state index is 14.3. The van der Waals surface area contributed by atoms with Crippen LogP contribution >= 0.6 is 11.8 Å². The molecule has 0 spiro atoms. The number of furan rings is 1. The lowest BCUT2D eigenvalue weighted by molar-refractivity contribution is -0.116. The van der Waals surface area contributed by atoms with Gasteiger partial charge in [-0.15, -0.1) is 11.8 Å². The Morgan fingerprint density at radius 3 is 2.70 bits per heavy atom. The zero-order chi connectivity index (χ0) is 21.7. The summed E-state index contributed by atoms with van der Waals surface area (Å²) in [7, 11) is 0. The molecule has 0 aliphatic heterocycles. The van der Waals surface area contributed by atoms with E-state index in [1.165, 1.54) is 12.3 Å². The molecule has 0 saturated heterocycles. The number of rotatable bonds is 8. The third-order valence-corrected chi connectivity index (χ3v) is 5.23. The van der Waals surface area contributed by atoms with Crippen molar-refractivity contribution in [2.45, 2.75) is 25.6 Å². The molecule has 3 aromatic rings. The molecule has 0 aliphatic rings. The molecule has 30 heavy (non-hydrogen) atoms. The first-order chi connectivity index (χ1) is 14.3. The Labute approximate surface area is 175 Å². The van der Waals surface area contributed by atoms with Gasteiger partial charge in [0, 0.05) is 12.1 Å². The van der Waals surface area contributed by atoms with Crippen LogP contribution in [0.4, 0.5) is 20.3 Å². The van der Waals surface area contributed by atoms with Gasteiger partial charge < -0.3 is 19.2 Å². The molecule has 2 heterocycles. The predicted molar refractivity (Wildman–Crippen MR) is 108 cm³/mol. The second-order valence-corrected chi connectivity index (χ2v) is 7.75. The summed E-state index contributed by atoms with van der Waals surface area (Å²) in [5.74, 6) is -1.27. The Kier molecular flexibility index (Phi) is 6.88. The minimum atomic E-state index is -0.868. The lowest BCUT2D eigenvalue weighted by atomic mass is 10.2. The van der Waals surface area contributed by atoms with Crippen LogP contribution in [0, 0.1) is 18.6 Å². The van der Waals surface area contributed by atoms with Gasteiger partial charge in [-0.3, -0.25) is 9.59 Å². The van der Waals surface area contributed by atoms with Gasteiger partial charge in [0.2, 0.25) is 11.8 Å². The summed E-state index contributed by atoms with van der Waals surface area (Å²) >= 11 is 1.07. The number of carbonyl (C=O) groups excluding carboxylic acids is 2. The molecule has 2 aromatic heterocycles. The minimum absolute atomic E-state index is 0.0340. The molecule has 0 radical (unpaired) electrons. The van der Waals surface area contributed by atoms with E-state index in [4.69, 9.17) is 8.94 Å². The second kappa shape index (κ2) is 9.57. The SMILES string of the molecule is Cc1cc(NC(=O)C(C)SCC(=O)N(Cc2ccco2)c2ccc(F)cc2F)no1. The molecule has 1 unspecified atom stereocenters. The smallest absolute Gasteiger partial charge is 0.238 e. The molecule has 0 bridgehead atoms. The van der Waals surface area contributed by atoms with Gasteiger partial charge in [0.25, 0.3) is 0 Å². The topological polar surface area (TPSA) is 88.6 Å². The van der Waals surface area contributed by atoms with Gasteiger partial charge in [-0.1, -0.05) is 5.16 Å². The first-order valence-corrected chi connectivity index (χ1v) is 10.0. The monoisotopic (exact) mass is 435 g/mol. The molecule has 7 nitrogen and oxygen atoms in total. The highest BCUT2D eigenvalue weighted by molar-refractivity contribution is 8.01. The van der Waals surface area contributed by atoms with Crippen LogP contribution in [-0.4, -0.2) is 28.0 Å². The minimum Gasteiger partial charge on any atom is -0.467 e. The zero-order valence-electron chi connectivity index (χ0n) is 16.2. The summed E-state index contributed by atoms with van der Waals surface area (Å²) in [4.78, 5) is 26.3.